The predicted octanol–water partition coefficient (Wildman–Crippen LogP) is 13.8. The highest BCUT2D eigenvalue weighted by atomic mass is 31.2. The highest BCUT2D eigenvalue weighted by molar-refractivity contribution is 7.47. The minimum absolute atomic E-state index is 0.00736. The van der Waals surface area contributed by atoms with Crippen LogP contribution in [0.15, 0.2) is 72.9 Å². The number of esters is 1. The van der Waals surface area contributed by atoms with Crippen molar-refractivity contribution in [3.05, 3.63) is 72.9 Å². The molecule has 0 bridgehead atoms. The highest BCUT2D eigenvalue weighted by Gasteiger charge is 2.27. The maximum Gasteiger partial charge on any atom is 0.472 e. The fraction of sp³-hybridized carbons (Fsp3) is 0.720. The first-order valence-electron chi connectivity index (χ1n) is 24.0. The largest absolute Gasteiger partial charge is 0.480 e. The lowest BCUT2D eigenvalue weighted by atomic mass is 10.0. The Bertz CT molecular complexity index is 1250. The monoisotopic (exact) mass is 878 g/mol. The Morgan fingerprint density at radius 3 is 1.41 bits per heavy atom. The van der Waals surface area contributed by atoms with Gasteiger partial charge in [0.2, 0.25) is 0 Å². The van der Waals surface area contributed by atoms with Crippen molar-refractivity contribution in [3.8, 4) is 0 Å². The van der Waals surface area contributed by atoms with Gasteiger partial charge in [-0.1, -0.05) is 196 Å². The number of unbranched alkanes of at least 4 members (excludes halogenated alkanes) is 19. The van der Waals surface area contributed by atoms with Crippen molar-refractivity contribution in [2.75, 3.05) is 26.4 Å². The molecule has 61 heavy (non-hydrogen) atoms. The summed E-state index contributed by atoms with van der Waals surface area (Å²) in [5.41, 5.74) is 5.36. The number of ether oxygens (including phenoxy) is 2. The number of carboxylic acid groups (broad SMARTS) is 1. The zero-order valence-corrected chi connectivity index (χ0v) is 39.4. The molecule has 0 amide bonds. The fourth-order valence-electron chi connectivity index (χ4n) is 6.31. The number of hydrogen-bond donors (Lipinski definition) is 3. The van der Waals surface area contributed by atoms with Gasteiger partial charge < -0.3 is 25.2 Å². The average molecular weight is 878 g/mol. The second kappa shape index (κ2) is 45.4. The molecule has 0 aromatic rings. The normalized spacial score (nSPS) is 14.4. The summed E-state index contributed by atoms with van der Waals surface area (Å²) >= 11 is 0. The smallest absolute Gasteiger partial charge is 0.472 e. The fourth-order valence-corrected chi connectivity index (χ4v) is 7.09. The molecule has 0 rings (SSSR count). The first kappa shape index (κ1) is 58.4. The number of nitrogens with two attached hydrogens (primary N) is 1. The van der Waals surface area contributed by atoms with Gasteiger partial charge in [0.15, 0.2) is 0 Å². The van der Waals surface area contributed by atoms with E-state index in [4.69, 9.17) is 29.4 Å². The van der Waals surface area contributed by atoms with Crippen molar-refractivity contribution in [2.24, 2.45) is 5.73 Å². The molecule has 352 valence electrons. The second-order valence-corrected chi connectivity index (χ2v) is 17.3. The predicted molar refractivity (Wildman–Crippen MR) is 254 cm³/mol. The molecule has 10 nitrogen and oxygen atoms in total. The lowest BCUT2D eigenvalue weighted by Gasteiger charge is -2.20. The third-order valence-electron chi connectivity index (χ3n) is 10.0. The van der Waals surface area contributed by atoms with Gasteiger partial charge in [-0.3, -0.25) is 18.6 Å². The van der Waals surface area contributed by atoms with Gasteiger partial charge in [0.25, 0.3) is 0 Å². The van der Waals surface area contributed by atoms with Crippen LogP contribution in [0.5, 0.6) is 0 Å². The summed E-state index contributed by atoms with van der Waals surface area (Å²) in [6.45, 7) is 3.70. The lowest BCUT2D eigenvalue weighted by Crippen LogP contribution is -2.34. The third-order valence-corrected chi connectivity index (χ3v) is 11.0. The number of hydrogen-bond acceptors (Lipinski definition) is 8. The molecule has 0 aliphatic heterocycles. The van der Waals surface area contributed by atoms with Gasteiger partial charge in [-0.25, -0.2) is 4.57 Å². The van der Waals surface area contributed by atoms with Crippen molar-refractivity contribution in [3.63, 3.8) is 0 Å². The SMILES string of the molecule is CC/C=C\C/C=C\C/C=C\C/C=C\C/C=C\C/C=C\CCCCCOCC(COP(=O)(O)OCC(N)C(=O)O)OC(=O)CCCCCCCCCCCCCCCCCCC. The summed E-state index contributed by atoms with van der Waals surface area (Å²) in [4.78, 5) is 33.6. The highest BCUT2D eigenvalue weighted by Crippen LogP contribution is 2.43. The van der Waals surface area contributed by atoms with Gasteiger partial charge >= 0.3 is 19.8 Å². The van der Waals surface area contributed by atoms with Crippen molar-refractivity contribution >= 4 is 19.8 Å². The maximum absolute atomic E-state index is 12.7. The third kappa shape index (κ3) is 45.3. The van der Waals surface area contributed by atoms with Crippen LogP contribution in [0.3, 0.4) is 0 Å². The molecular weight excluding hydrogens is 790 g/mol. The Morgan fingerprint density at radius 1 is 0.541 bits per heavy atom. The van der Waals surface area contributed by atoms with Crippen molar-refractivity contribution < 1.29 is 42.7 Å². The van der Waals surface area contributed by atoms with Gasteiger partial charge in [0.1, 0.15) is 12.1 Å². The van der Waals surface area contributed by atoms with Crippen LogP contribution in [0.2, 0.25) is 0 Å². The van der Waals surface area contributed by atoms with Gasteiger partial charge in [-0.2, -0.15) is 0 Å². The van der Waals surface area contributed by atoms with E-state index in [-0.39, 0.29) is 13.0 Å². The van der Waals surface area contributed by atoms with Crippen LogP contribution in [-0.4, -0.2) is 60.5 Å². The van der Waals surface area contributed by atoms with E-state index in [9.17, 15) is 19.0 Å². The molecule has 4 N–H and O–H groups in total. The number of carbonyl (C=O) groups excluding carboxylic acids is 1. The first-order chi connectivity index (χ1) is 29.7. The number of phosphoric ester groups is 1. The first-order valence-corrected chi connectivity index (χ1v) is 25.5. The second-order valence-electron chi connectivity index (χ2n) is 15.9. The summed E-state index contributed by atoms with van der Waals surface area (Å²) < 4.78 is 33.4. The number of phosphoric acid groups is 1. The Balaban J connectivity index is 4.26. The van der Waals surface area contributed by atoms with Crippen LogP contribution in [0.1, 0.15) is 194 Å². The summed E-state index contributed by atoms with van der Waals surface area (Å²) in [5.74, 6) is -1.79. The van der Waals surface area contributed by atoms with Crippen LogP contribution < -0.4 is 5.73 Å². The summed E-state index contributed by atoms with van der Waals surface area (Å²) in [6.07, 6.45) is 56.7. The van der Waals surface area contributed by atoms with E-state index in [1.807, 2.05) is 0 Å². The van der Waals surface area contributed by atoms with Gasteiger partial charge in [0.05, 0.1) is 19.8 Å². The van der Waals surface area contributed by atoms with Crippen LogP contribution in [-0.2, 0) is 32.7 Å². The minimum atomic E-state index is -4.63. The summed E-state index contributed by atoms with van der Waals surface area (Å²) in [5, 5.41) is 8.92. The number of carbonyl (C=O) groups is 2. The topological polar surface area (TPSA) is 155 Å². The Hall–Kier alpha value is -2.59. The molecule has 0 saturated carbocycles. The number of allylic oxidation sites excluding steroid dienone is 12. The molecule has 3 atom stereocenters. The quantitative estimate of drug-likeness (QED) is 0.0233. The molecule has 0 aromatic carbocycles. The van der Waals surface area contributed by atoms with Crippen LogP contribution in [0.25, 0.3) is 0 Å². The molecule has 0 heterocycles. The van der Waals surface area contributed by atoms with Gasteiger partial charge in [-0.05, 0) is 64.2 Å². The number of carboxylic acids is 1. The van der Waals surface area contributed by atoms with Crippen LogP contribution in [0, 0.1) is 0 Å². The molecule has 0 fully saturated rings. The molecular formula is C50H88NO9P. The van der Waals surface area contributed by atoms with Gasteiger partial charge in [-0.15, -0.1) is 0 Å². The zero-order valence-electron chi connectivity index (χ0n) is 38.5. The van der Waals surface area contributed by atoms with Crippen molar-refractivity contribution in [1.29, 1.82) is 0 Å². The van der Waals surface area contributed by atoms with E-state index in [2.05, 4.69) is 86.8 Å². The lowest BCUT2D eigenvalue weighted by molar-refractivity contribution is -0.154. The molecule has 0 radical (unpaired) electrons. The van der Waals surface area contributed by atoms with E-state index in [1.165, 1.54) is 83.5 Å². The standard InChI is InChI=1S/C50H88NO9P/c1-3-5-7-9-11-13-15-17-19-21-22-23-24-25-27-29-31-33-35-37-39-41-43-57-44-47(45-58-61(55,56)59-46-48(51)50(53)54)60-49(52)42-40-38-36-34-32-30-28-26-20-18-16-14-12-10-8-6-4-2/h5,7,11,13,17,19,22-23,25,27,31,33,47-48H,3-4,6,8-10,12,14-16,18,20-21,24,26,28-30,32,34-46,51H2,1-2H3,(H,53,54)(H,55,56)/b7-5-,13-11-,19-17-,23-22-,27-25-,33-31-. The molecule has 0 aromatic heterocycles. The molecule has 0 saturated heterocycles. The minimum Gasteiger partial charge on any atom is -0.480 e. The summed E-state index contributed by atoms with van der Waals surface area (Å²) in [7, 11) is -4.63. The Morgan fingerprint density at radius 2 is 0.951 bits per heavy atom. The van der Waals surface area contributed by atoms with E-state index in [1.54, 1.807) is 0 Å². The Kier molecular flexibility index (Phi) is 43.5. The van der Waals surface area contributed by atoms with Crippen molar-refractivity contribution in [1.82, 2.24) is 0 Å². The average Bonchev–Trinajstić information content (AvgIpc) is 3.24. The molecule has 11 heteroatoms. The number of aliphatic carboxylic acids is 1. The number of rotatable bonds is 45. The van der Waals surface area contributed by atoms with Gasteiger partial charge in [0, 0.05) is 13.0 Å². The zero-order chi connectivity index (χ0) is 44.8. The Labute approximate surface area is 372 Å². The maximum atomic E-state index is 12.7. The molecule has 0 spiro atoms. The van der Waals surface area contributed by atoms with Crippen LogP contribution in [0.4, 0.5) is 0 Å². The van der Waals surface area contributed by atoms with E-state index >= 15 is 0 Å². The summed E-state index contributed by atoms with van der Waals surface area (Å²) in [6, 6.07) is -1.48. The van der Waals surface area contributed by atoms with E-state index in [0.717, 1.165) is 83.5 Å². The van der Waals surface area contributed by atoms with E-state index < -0.39 is 45.1 Å². The molecule has 3 unspecified atom stereocenters. The van der Waals surface area contributed by atoms with E-state index in [0.29, 0.717) is 13.0 Å². The molecule has 0 aliphatic rings. The van der Waals surface area contributed by atoms with Crippen LogP contribution >= 0.6 is 7.82 Å². The molecule has 0 aliphatic carbocycles. The van der Waals surface area contributed by atoms with Crippen molar-refractivity contribution in [2.45, 2.75) is 206 Å².